The van der Waals surface area contributed by atoms with Crippen LogP contribution in [0.1, 0.15) is 18.1 Å². The van der Waals surface area contributed by atoms with Gasteiger partial charge in [0.15, 0.2) is 11.5 Å². The number of hydrogen-bond donors (Lipinski definition) is 0. The van der Waals surface area contributed by atoms with Crippen LogP contribution >= 0.6 is 57.6 Å². The van der Waals surface area contributed by atoms with Crippen LogP contribution in [0.3, 0.4) is 0 Å². The second-order valence-electron chi connectivity index (χ2n) is 7.14. The van der Waals surface area contributed by atoms with Crippen LogP contribution in [0.2, 0.25) is 10.0 Å². The summed E-state index contributed by atoms with van der Waals surface area (Å²) in [6.07, 6.45) is 1.68. The first-order valence-corrected chi connectivity index (χ1v) is 12.9. The molecule has 0 saturated carbocycles. The van der Waals surface area contributed by atoms with Crippen molar-refractivity contribution < 1.29 is 19.1 Å². The molecule has 2 amide bonds. The van der Waals surface area contributed by atoms with E-state index < -0.39 is 5.91 Å². The van der Waals surface area contributed by atoms with Gasteiger partial charge in [0.1, 0.15) is 6.61 Å². The standard InChI is InChI=1S/C25H18Cl2INO4S/c1-2-32-21-11-15(10-20(28)23(21)33-14-16-6-3-4-9-19(16)27)12-22-24(30)29(25(31)34-22)18-8-5-7-17(26)13-18/h3-13H,2,14H2,1H3/b22-12+. The number of carbonyl (C=O) groups excluding carboxylic acids is 2. The van der Waals surface area contributed by atoms with E-state index in [9.17, 15) is 9.59 Å². The highest BCUT2D eigenvalue weighted by atomic mass is 127. The molecule has 9 heteroatoms. The molecule has 34 heavy (non-hydrogen) atoms. The molecule has 5 nitrogen and oxygen atoms in total. The normalized spacial score (nSPS) is 14.7. The van der Waals surface area contributed by atoms with Gasteiger partial charge < -0.3 is 9.47 Å². The van der Waals surface area contributed by atoms with Gasteiger partial charge in [0.2, 0.25) is 0 Å². The molecule has 0 radical (unpaired) electrons. The predicted octanol–water partition coefficient (Wildman–Crippen LogP) is 7.82. The molecular formula is C25H18Cl2INO4S. The van der Waals surface area contributed by atoms with Gasteiger partial charge in [-0.2, -0.15) is 0 Å². The monoisotopic (exact) mass is 625 g/mol. The van der Waals surface area contributed by atoms with Gasteiger partial charge in [0, 0.05) is 15.6 Å². The molecule has 1 aliphatic heterocycles. The van der Waals surface area contributed by atoms with Gasteiger partial charge in [-0.15, -0.1) is 0 Å². The molecule has 4 rings (SSSR count). The first kappa shape index (κ1) is 24.9. The number of benzene rings is 3. The topological polar surface area (TPSA) is 55.8 Å². The largest absolute Gasteiger partial charge is 0.490 e. The predicted molar refractivity (Wildman–Crippen MR) is 146 cm³/mol. The maximum absolute atomic E-state index is 13.0. The fraction of sp³-hybridized carbons (Fsp3) is 0.120. The van der Waals surface area contributed by atoms with Gasteiger partial charge in [0.25, 0.3) is 11.1 Å². The summed E-state index contributed by atoms with van der Waals surface area (Å²) in [5, 5.41) is 0.698. The van der Waals surface area contributed by atoms with Crippen LogP contribution in [0.4, 0.5) is 10.5 Å². The number of rotatable bonds is 7. The highest BCUT2D eigenvalue weighted by Gasteiger charge is 2.36. The summed E-state index contributed by atoms with van der Waals surface area (Å²) in [5.74, 6) is 0.734. The number of amides is 2. The number of carbonyl (C=O) groups is 2. The molecule has 1 aliphatic rings. The molecule has 0 aliphatic carbocycles. The number of nitrogens with zero attached hydrogens (tertiary/aromatic N) is 1. The van der Waals surface area contributed by atoms with Crippen LogP contribution in [0.25, 0.3) is 6.08 Å². The molecule has 0 unspecified atom stereocenters. The Balaban J connectivity index is 1.61. The minimum atomic E-state index is -0.399. The Bertz CT molecular complexity index is 1300. The van der Waals surface area contributed by atoms with E-state index >= 15 is 0 Å². The quantitative estimate of drug-likeness (QED) is 0.198. The van der Waals surface area contributed by atoms with Crippen molar-refractivity contribution in [3.05, 3.63) is 90.3 Å². The minimum Gasteiger partial charge on any atom is -0.490 e. The molecule has 0 bridgehead atoms. The Hall–Kier alpha value is -2.20. The Morgan fingerprint density at radius 1 is 1.03 bits per heavy atom. The van der Waals surface area contributed by atoms with Gasteiger partial charge in [0.05, 0.1) is 20.8 Å². The van der Waals surface area contributed by atoms with E-state index in [2.05, 4.69) is 22.6 Å². The van der Waals surface area contributed by atoms with Crippen LogP contribution in [0, 0.1) is 3.57 Å². The number of anilines is 1. The van der Waals surface area contributed by atoms with E-state index in [1.54, 1.807) is 36.4 Å². The number of hydrogen-bond acceptors (Lipinski definition) is 5. The molecule has 3 aromatic rings. The molecule has 0 spiro atoms. The summed E-state index contributed by atoms with van der Waals surface area (Å²) in [6, 6.07) is 17.8. The smallest absolute Gasteiger partial charge is 0.298 e. The molecule has 174 valence electrons. The van der Waals surface area contributed by atoms with Crippen molar-refractivity contribution in [1.82, 2.24) is 0 Å². The third-order valence-electron chi connectivity index (χ3n) is 4.82. The van der Waals surface area contributed by atoms with Crippen LogP contribution in [-0.2, 0) is 11.4 Å². The number of halogens is 3. The Kier molecular flexibility index (Phi) is 8.08. The molecular weight excluding hydrogens is 608 g/mol. The van der Waals surface area contributed by atoms with E-state index in [0.717, 1.165) is 31.4 Å². The summed E-state index contributed by atoms with van der Waals surface area (Å²) < 4.78 is 12.7. The Labute approximate surface area is 225 Å². The Morgan fingerprint density at radius 3 is 2.56 bits per heavy atom. The van der Waals surface area contributed by atoms with E-state index in [-0.39, 0.29) is 11.8 Å². The first-order chi connectivity index (χ1) is 16.4. The van der Waals surface area contributed by atoms with Crippen molar-refractivity contribution in [1.29, 1.82) is 0 Å². The zero-order valence-electron chi connectivity index (χ0n) is 17.9. The van der Waals surface area contributed by atoms with Gasteiger partial charge in [-0.05, 0) is 89.3 Å². The van der Waals surface area contributed by atoms with Crippen molar-refractivity contribution in [3.63, 3.8) is 0 Å². The van der Waals surface area contributed by atoms with Crippen LogP contribution in [-0.4, -0.2) is 17.8 Å². The van der Waals surface area contributed by atoms with Crippen molar-refractivity contribution in [2.45, 2.75) is 13.5 Å². The highest BCUT2D eigenvalue weighted by molar-refractivity contribution is 14.1. The van der Waals surface area contributed by atoms with Gasteiger partial charge in [-0.3, -0.25) is 9.59 Å². The number of thioether (sulfide) groups is 1. The lowest BCUT2D eigenvalue weighted by Gasteiger charge is -2.15. The first-order valence-electron chi connectivity index (χ1n) is 10.2. The summed E-state index contributed by atoms with van der Waals surface area (Å²) >= 11 is 15.3. The van der Waals surface area contributed by atoms with E-state index in [1.165, 1.54) is 0 Å². The van der Waals surface area contributed by atoms with Gasteiger partial charge in [-0.25, -0.2) is 4.90 Å². The van der Waals surface area contributed by atoms with Crippen LogP contribution in [0.15, 0.2) is 65.6 Å². The molecule has 0 aromatic heterocycles. The summed E-state index contributed by atoms with van der Waals surface area (Å²) in [7, 11) is 0. The number of imide groups is 1. The van der Waals surface area contributed by atoms with Crippen molar-refractivity contribution in [3.8, 4) is 11.5 Å². The fourth-order valence-corrected chi connectivity index (χ4v) is 5.29. The molecule has 0 N–H and O–H groups in total. The second-order valence-corrected chi connectivity index (χ2v) is 10.1. The van der Waals surface area contributed by atoms with E-state index in [4.69, 9.17) is 32.7 Å². The summed E-state index contributed by atoms with van der Waals surface area (Å²) in [5.41, 5.74) is 2.02. The lowest BCUT2D eigenvalue weighted by atomic mass is 10.1. The average Bonchev–Trinajstić information content (AvgIpc) is 3.07. The minimum absolute atomic E-state index is 0.285. The van der Waals surface area contributed by atoms with Crippen LogP contribution in [0.5, 0.6) is 11.5 Å². The van der Waals surface area contributed by atoms with Crippen LogP contribution < -0.4 is 14.4 Å². The van der Waals surface area contributed by atoms with Gasteiger partial charge in [-0.1, -0.05) is 47.5 Å². The summed E-state index contributed by atoms with van der Waals surface area (Å²) in [4.78, 5) is 27.0. The van der Waals surface area contributed by atoms with Gasteiger partial charge >= 0.3 is 0 Å². The second kappa shape index (κ2) is 11.0. The average molecular weight is 626 g/mol. The molecule has 3 aromatic carbocycles. The molecule has 1 fully saturated rings. The zero-order chi connectivity index (χ0) is 24.2. The molecule has 1 saturated heterocycles. The molecule has 0 atom stereocenters. The third kappa shape index (κ3) is 5.54. The van der Waals surface area contributed by atoms with E-state index in [0.29, 0.717) is 38.7 Å². The van der Waals surface area contributed by atoms with Crippen molar-refractivity contribution in [2.75, 3.05) is 11.5 Å². The van der Waals surface area contributed by atoms with E-state index in [1.807, 2.05) is 37.3 Å². The highest BCUT2D eigenvalue weighted by Crippen LogP contribution is 2.39. The zero-order valence-corrected chi connectivity index (χ0v) is 22.4. The maximum Gasteiger partial charge on any atom is 0.298 e. The number of ether oxygens (including phenoxy) is 2. The lowest BCUT2D eigenvalue weighted by molar-refractivity contribution is -0.113. The fourth-order valence-electron chi connectivity index (χ4n) is 3.30. The maximum atomic E-state index is 13.0. The SMILES string of the molecule is CCOc1cc(/C=C2/SC(=O)N(c3cccc(Cl)c3)C2=O)cc(I)c1OCc1ccccc1Cl. The lowest BCUT2D eigenvalue weighted by Crippen LogP contribution is -2.27. The molecule has 1 heterocycles. The van der Waals surface area contributed by atoms with Crippen molar-refractivity contribution >= 4 is 80.5 Å². The Morgan fingerprint density at radius 2 is 1.82 bits per heavy atom. The summed E-state index contributed by atoms with van der Waals surface area (Å²) in [6.45, 7) is 2.61. The van der Waals surface area contributed by atoms with Crippen molar-refractivity contribution in [2.24, 2.45) is 0 Å². The third-order valence-corrected chi connectivity index (χ3v) is 7.09.